The molecule has 0 rings (SSSR count). The van der Waals surface area contributed by atoms with Gasteiger partial charge in [0.2, 0.25) is 0 Å². The van der Waals surface area contributed by atoms with Gasteiger partial charge in [0.15, 0.2) is 0 Å². The lowest BCUT2D eigenvalue weighted by Crippen LogP contribution is -2.37. The summed E-state index contributed by atoms with van der Waals surface area (Å²) < 4.78 is 34.9. The molecule has 9 heteroatoms. The Kier molecular flexibility index (Phi) is 33.3. The Bertz CT molecular complexity index is 746. The Hall–Kier alpha value is -0.500. The number of nitrogens with zero attached hydrogens (tertiary/aromatic N) is 1. The molecule has 1 N–H and O–H groups in total. The molecule has 0 saturated carbocycles. The number of hydrogen-bond donors (Lipinski definition) is 1. The van der Waals surface area contributed by atoms with Crippen LogP contribution in [-0.2, 0) is 27.9 Å². The first-order valence-corrected chi connectivity index (χ1v) is 21.8. The van der Waals surface area contributed by atoms with Crippen molar-refractivity contribution in [1.29, 1.82) is 0 Å². The number of esters is 1. The van der Waals surface area contributed by atoms with Crippen LogP contribution in [0, 0.1) is 0 Å². The second-order valence-corrected chi connectivity index (χ2v) is 16.5. The molecule has 0 aromatic carbocycles. The molecule has 0 heterocycles. The van der Waals surface area contributed by atoms with Crippen molar-refractivity contribution in [3.63, 3.8) is 0 Å². The minimum Gasteiger partial charge on any atom is -0.457 e. The van der Waals surface area contributed by atoms with Gasteiger partial charge in [-0.25, -0.2) is 4.57 Å². The molecule has 2 unspecified atom stereocenters. The average molecular weight is 707 g/mol. The Balaban J connectivity index is 4.22. The van der Waals surface area contributed by atoms with Crippen molar-refractivity contribution in [1.82, 2.24) is 0 Å². The quantitative estimate of drug-likeness (QED) is 0.0296. The SMILES string of the molecule is CCCCCCCCCCCCCCCCCOCC(COP(=O)(O)OCC[N+](C)(C)C)OC(=O)CCCCCCCCCCCCC. The number of unbranched alkanes of at least 4 members (excludes halogenated alkanes) is 24. The molecule has 2 atom stereocenters. The van der Waals surface area contributed by atoms with Crippen LogP contribution in [0.1, 0.15) is 187 Å². The third kappa shape index (κ3) is 36.8. The monoisotopic (exact) mass is 707 g/mol. The molecule has 0 bridgehead atoms. The molecular weight excluding hydrogens is 625 g/mol. The van der Waals surface area contributed by atoms with Gasteiger partial charge in [0.25, 0.3) is 0 Å². The van der Waals surface area contributed by atoms with Gasteiger partial charge in [0, 0.05) is 13.0 Å². The van der Waals surface area contributed by atoms with Crippen molar-refractivity contribution in [3.05, 3.63) is 0 Å². The van der Waals surface area contributed by atoms with Gasteiger partial charge >= 0.3 is 13.8 Å². The summed E-state index contributed by atoms with van der Waals surface area (Å²) in [7, 11) is 1.68. The molecule has 8 nitrogen and oxygen atoms in total. The summed E-state index contributed by atoms with van der Waals surface area (Å²) in [6.45, 7) is 5.65. The average Bonchev–Trinajstić information content (AvgIpc) is 3.03. The largest absolute Gasteiger partial charge is 0.472 e. The van der Waals surface area contributed by atoms with Crippen LogP contribution >= 0.6 is 7.82 Å². The van der Waals surface area contributed by atoms with E-state index >= 15 is 0 Å². The molecule has 0 fully saturated rings. The van der Waals surface area contributed by atoms with Crippen LogP contribution in [0.5, 0.6) is 0 Å². The summed E-state index contributed by atoms with van der Waals surface area (Å²) in [5.74, 6) is -0.311. The summed E-state index contributed by atoms with van der Waals surface area (Å²) in [5.41, 5.74) is 0. The van der Waals surface area contributed by atoms with Crippen LogP contribution in [0.4, 0.5) is 0 Å². The maximum Gasteiger partial charge on any atom is 0.472 e. The van der Waals surface area contributed by atoms with Gasteiger partial charge in [-0.3, -0.25) is 13.8 Å². The molecule has 288 valence electrons. The third-order valence-electron chi connectivity index (χ3n) is 8.92. The number of quaternary nitrogens is 1. The number of phosphoric ester groups is 1. The first-order chi connectivity index (χ1) is 23.1. The number of likely N-dealkylation sites (N-methyl/N-ethyl adjacent to an activating group) is 1. The molecule has 0 spiro atoms. The van der Waals surface area contributed by atoms with E-state index in [1.54, 1.807) is 0 Å². The van der Waals surface area contributed by atoms with Crippen molar-refractivity contribution in [3.8, 4) is 0 Å². The number of carbonyl (C=O) groups excluding carboxylic acids is 1. The van der Waals surface area contributed by atoms with Gasteiger partial charge in [-0.15, -0.1) is 0 Å². The van der Waals surface area contributed by atoms with E-state index < -0.39 is 13.9 Å². The maximum atomic E-state index is 12.6. The first kappa shape index (κ1) is 47.5. The molecule has 0 amide bonds. The molecule has 0 aromatic heterocycles. The predicted octanol–water partition coefficient (Wildman–Crippen LogP) is 11.3. The zero-order valence-electron chi connectivity index (χ0n) is 32.5. The highest BCUT2D eigenvalue weighted by Crippen LogP contribution is 2.43. The van der Waals surface area contributed by atoms with E-state index in [4.69, 9.17) is 18.5 Å². The Morgan fingerprint density at radius 1 is 0.562 bits per heavy atom. The molecule has 0 radical (unpaired) electrons. The fraction of sp³-hybridized carbons (Fsp3) is 0.974. The molecule has 0 aliphatic carbocycles. The van der Waals surface area contributed by atoms with E-state index in [0.29, 0.717) is 24.1 Å². The summed E-state index contributed by atoms with van der Waals surface area (Å²) in [4.78, 5) is 22.8. The minimum absolute atomic E-state index is 0.0935. The Morgan fingerprint density at radius 3 is 1.38 bits per heavy atom. The van der Waals surface area contributed by atoms with Crippen LogP contribution in [0.3, 0.4) is 0 Å². The number of hydrogen-bond acceptors (Lipinski definition) is 6. The van der Waals surface area contributed by atoms with Gasteiger partial charge in [-0.1, -0.05) is 168 Å². The number of phosphoric acid groups is 1. The molecule has 0 aromatic rings. The fourth-order valence-electron chi connectivity index (χ4n) is 5.73. The normalized spacial score (nSPS) is 13.9. The second-order valence-electron chi connectivity index (χ2n) is 15.0. The van der Waals surface area contributed by atoms with Crippen LogP contribution in [-0.4, -0.2) is 75.6 Å². The summed E-state index contributed by atoms with van der Waals surface area (Å²) in [5, 5.41) is 0. The number of ether oxygens (including phenoxy) is 2. The van der Waals surface area contributed by atoms with Crippen molar-refractivity contribution in [2.45, 2.75) is 193 Å². The lowest BCUT2D eigenvalue weighted by Gasteiger charge is -2.24. The van der Waals surface area contributed by atoms with Crippen LogP contribution in [0.2, 0.25) is 0 Å². The summed E-state index contributed by atoms with van der Waals surface area (Å²) in [6.07, 6.45) is 32.6. The summed E-state index contributed by atoms with van der Waals surface area (Å²) in [6, 6.07) is 0. The van der Waals surface area contributed by atoms with Gasteiger partial charge in [-0.05, 0) is 12.8 Å². The van der Waals surface area contributed by atoms with Crippen LogP contribution < -0.4 is 0 Å². The van der Waals surface area contributed by atoms with Gasteiger partial charge in [-0.2, -0.15) is 0 Å². The van der Waals surface area contributed by atoms with Crippen molar-refractivity contribution < 1.29 is 37.3 Å². The lowest BCUT2D eigenvalue weighted by molar-refractivity contribution is -0.870. The smallest absolute Gasteiger partial charge is 0.457 e. The standard InChI is InChI=1S/C39H80NO7P/c1-6-8-10-12-14-16-18-19-20-21-23-25-27-29-31-34-44-36-38(37-46-48(42,43)45-35-33-40(3,4)5)47-39(41)32-30-28-26-24-22-17-15-13-11-9-7-2/h38H,6-37H2,1-5H3/p+1. The van der Waals surface area contributed by atoms with Crippen molar-refractivity contribution in [2.75, 3.05) is 54.1 Å². The summed E-state index contributed by atoms with van der Waals surface area (Å²) >= 11 is 0. The fourth-order valence-corrected chi connectivity index (χ4v) is 6.47. The second kappa shape index (κ2) is 33.6. The van der Waals surface area contributed by atoms with Gasteiger partial charge in [0.05, 0.1) is 34.4 Å². The molecule has 48 heavy (non-hydrogen) atoms. The highest BCUT2D eigenvalue weighted by Gasteiger charge is 2.26. The Labute approximate surface area is 298 Å². The van der Waals surface area contributed by atoms with E-state index in [0.717, 1.165) is 32.1 Å². The van der Waals surface area contributed by atoms with E-state index in [2.05, 4.69) is 13.8 Å². The van der Waals surface area contributed by atoms with E-state index in [1.807, 2.05) is 21.1 Å². The van der Waals surface area contributed by atoms with Crippen LogP contribution in [0.25, 0.3) is 0 Å². The topological polar surface area (TPSA) is 91.3 Å². The molecule has 0 aliphatic heterocycles. The van der Waals surface area contributed by atoms with E-state index in [-0.39, 0.29) is 25.8 Å². The predicted molar refractivity (Wildman–Crippen MR) is 201 cm³/mol. The number of carbonyl (C=O) groups is 1. The zero-order valence-corrected chi connectivity index (χ0v) is 33.4. The lowest BCUT2D eigenvalue weighted by atomic mass is 10.0. The van der Waals surface area contributed by atoms with Crippen LogP contribution in [0.15, 0.2) is 0 Å². The molecular formula is C39H81NO7P+. The van der Waals surface area contributed by atoms with Crippen molar-refractivity contribution >= 4 is 13.8 Å². The minimum atomic E-state index is -4.26. The van der Waals surface area contributed by atoms with E-state index in [1.165, 1.54) is 135 Å². The molecule has 0 saturated heterocycles. The van der Waals surface area contributed by atoms with E-state index in [9.17, 15) is 14.3 Å². The molecule has 0 aliphatic rings. The van der Waals surface area contributed by atoms with Gasteiger partial charge in [0.1, 0.15) is 19.3 Å². The first-order valence-electron chi connectivity index (χ1n) is 20.3. The maximum absolute atomic E-state index is 12.6. The Morgan fingerprint density at radius 2 is 0.958 bits per heavy atom. The van der Waals surface area contributed by atoms with Crippen molar-refractivity contribution in [2.24, 2.45) is 0 Å². The highest BCUT2D eigenvalue weighted by atomic mass is 31.2. The zero-order chi connectivity index (χ0) is 35.6. The van der Waals surface area contributed by atoms with Gasteiger partial charge < -0.3 is 18.9 Å². The number of rotatable bonds is 38. The highest BCUT2D eigenvalue weighted by molar-refractivity contribution is 7.47. The third-order valence-corrected chi connectivity index (χ3v) is 9.90.